The van der Waals surface area contributed by atoms with Crippen molar-refractivity contribution >= 4 is 15.7 Å². The van der Waals surface area contributed by atoms with E-state index < -0.39 is 56.6 Å². The maximum Gasteiger partial charge on any atom is 0.289 e. The summed E-state index contributed by atoms with van der Waals surface area (Å²) in [5, 5.41) is 11.0. The van der Waals surface area contributed by atoms with Crippen LogP contribution in [0.3, 0.4) is 0 Å². The minimum absolute atomic E-state index is 0.147. The molecule has 1 aromatic carbocycles. The summed E-state index contributed by atoms with van der Waals surface area (Å²) in [6, 6.07) is 2.09. The van der Waals surface area contributed by atoms with E-state index in [1.165, 1.54) is 12.1 Å². The van der Waals surface area contributed by atoms with Gasteiger partial charge in [0.2, 0.25) is 0 Å². The number of alkyl halides is 2. The highest BCUT2D eigenvalue weighted by Crippen LogP contribution is 2.44. The molecular weight excluding hydrogens is 322 g/mol. The first-order chi connectivity index (χ1) is 10.2. The van der Waals surface area contributed by atoms with E-state index >= 15 is 0 Å². The van der Waals surface area contributed by atoms with Gasteiger partial charge < -0.3 is 4.74 Å². The molecule has 0 spiro atoms. The van der Waals surface area contributed by atoms with Crippen LogP contribution in [-0.2, 0) is 14.8 Å². The quantitative estimate of drug-likeness (QED) is 0.615. The minimum Gasteiger partial charge on any atom is -0.378 e. The highest BCUT2D eigenvalue weighted by molar-refractivity contribution is 7.89. The second-order valence-corrected chi connectivity index (χ2v) is 7.04. The van der Waals surface area contributed by atoms with E-state index in [4.69, 9.17) is 4.74 Å². The van der Waals surface area contributed by atoms with E-state index in [-0.39, 0.29) is 6.61 Å². The zero-order chi connectivity index (χ0) is 16.1. The Bertz CT molecular complexity index is 724. The summed E-state index contributed by atoms with van der Waals surface area (Å²) in [6.45, 7) is -0.574. The second-order valence-electron chi connectivity index (χ2n) is 5.23. The van der Waals surface area contributed by atoms with E-state index in [0.29, 0.717) is 4.31 Å². The highest BCUT2D eigenvalue weighted by Gasteiger charge is 2.60. The lowest BCUT2D eigenvalue weighted by Gasteiger charge is -2.33. The van der Waals surface area contributed by atoms with Crippen molar-refractivity contribution in [3.05, 3.63) is 34.4 Å². The predicted octanol–water partition coefficient (Wildman–Crippen LogP) is 1.39. The van der Waals surface area contributed by atoms with Crippen LogP contribution in [0.4, 0.5) is 14.5 Å². The number of rotatable bonds is 3. The topological polar surface area (TPSA) is 89.8 Å². The molecule has 0 aliphatic carbocycles. The van der Waals surface area contributed by atoms with Gasteiger partial charge in [0.25, 0.3) is 21.6 Å². The van der Waals surface area contributed by atoms with Gasteiger partial charge in [-0.05, 0) is 6.07 Å². The van der Waals surface area contributed by atoms with Gasteiger partial charge in [0, 0.05) is 12.5 Å². The number of sulfonamides is 1. The third-order valence-electron chi connectivity index (χ3n) is 3.87. The summed E-state index contributed by atoms with van der Waals surface area (Å²) in [6.07, 6.45) is -0.641. The van der Waals surface area contributed by atoms with Crippen molar-refractivity contribution in [1.82, 2.24) is 4.31 Å². The molecule has 2 aliphatic heterocycles. The Balaban J connectivity index is 2.10. The Morgan fingerprint density at radius 2 is 2.00 bits per heavy atom. The Morgan fingerprint density at radius 3 is 2.64 bits per heavy atom. The van der Waals surface area contributed by atoms with Gasteiger partial charge in [0.1, 0.15) is 6.04 Å². The second kappa shape index (κ2) is 4.93. The number of halogens is 2. The number of para-hydroxylation sites is 1. The molecule has 22 heavy (non-hydrogen) atoms. The molecule has 0 amide bonds. The summed E-state index contributed by atoms with van der Waals surface area (Å²) in [5.74, 6) is -3.21. The first-order valence-corrected chi connectivity index (χ1v) is 7.91. The van der Waals surface area contributed by atoms with Crippen LogP contribution < -0.4 is 0 Å². The Morgan fingerprint density at radius 1 is 1.32 bits per heavy atom. The lowest BCUT2D eigenvalue weighted by molar-refractivity contribution is -0.387. The standard InChI is InChI=1S/C12H12F2N2O5S/c13-12(14)5-8-6-21-7-11(12)15(8)22(19,20)10-4-2-1-3-9(10)16(17)18/h1-4,8,11H,5-7H2. The molecule has 0 aromatic heterocycles. The molecular formula is C12H12F2N2O5S. The molecule has 0 saturated carbocycles. The van der Waals surface area contributed by atoms with Crippen molar-refractivity contribution in [2.45, 2.75) is 29.3 Å². The van der Waals surface area contributed by atoms with Crippen LogP contribution in [0.5, 0.6) is 0 Å². The van der Waals surface area contributed by atoms with Gasteiger partial charge in [0.15, 0.2) is 4.90 Å². The zero-order valence-electron chi connectivity index (χ0n) is 11.2. The lowest BCUT2D eigenvalue weighted by atomic mass is 10.1. The fourth-order valence-electron chi connectivity index (χ4n) is 2.93. The number of hydrogen-bond donors (Lipinski definition) is 0. The van der Waals surface area contributed by atoms with Gasteiger partial charge in [-0.15, -0.1) is 0 Å². The Hall–Kier alpha value is -1.65. The number of nitrogens with zero attached hydrogens (tertiary/aromatic N) is 2. The Kier molecular flexibility index (Phi) is 3.42. The van der Waals surface area contributed by atoms with Crippen molar-refractivity contribution in [1.29, 1.82) is 0 Å². The van der Waals surface area contributed by atoms with Gasteiger partial charge in [-0.2, -0.15) is 4.31 Å². The average molecular weight is 334 g/mol. The van der Waals surface area contributed by atoms with Crippen molar-refractivity contribution in [3.63, 3.8) is 0 Å². The van der Waals surface area contributed by atoms with Crippen LogP contribution in [0.2, 0.25) is 0 Å². The predicted molar refractivity (Wildman–Crippen MR) is 70.1 cm³/mol. The largest absolute Gasteiger partial charge is 0.378 e. The number of nitro benzene ring substituents is 1. The molecule has 2 saturated heterocycles. The highest BCUT2D eigenvalue weighted by atomic mass is 32.2. The van der Waals surface area contributed by atoms with E-state index in [2.05, 4.69) is 0 Å². The summed E-state index contributed by atoms with van der Waals surface area (Å²) in [5.41, 5.74) is -0.628. The van der Waals surface area contributed by atoms with E-state index in [9.17, 15) is 27.3 Å². The maximum absolute atomic E-state index is 13.9. The summed E-state index contributed by atoms with van der Waals surface area (Å²) < 4.78 is 58.9. The smallest absolute Gasteiger partial charge is 0.289 e. The molecule has 7 nitrogen and oxygen atoms in total. The van der Waals surface area contributed by atoms with Gasteiger partial charge in [-0.3, -0.25) is 10.1 Å². The number of hydrogen-bond acceptors (Lipinski definition) is 5. The summed E-state index contributed by atoms with van der Waals surface area (Å²) in [4.78, 5) is 9.59. The van der Waals surface area contributed by atoms with Crippen LogP contribution in [0.25, 0.3) is 0 Å². The van der Waals surface area contributed by atoms with Crippen LogP contribution in [-0.4, -0.2) is 48.9 Å². The number of morpholine rings is 1. The fourth-order valence-corrected chi connectivity index (χ4v) is 4.89. The van der Waals surface area contributed by atoms with Crippen molar-refractivity contribution in [2.24, 2.45) is 0 Å². The first kappa shape index (κ1) is 15.3. The van der Waals surface area contributed by atoms with Crippen LogP contribution in [0, 0.1) is 10.1 Å². The third kappa shape index (κ3) is 2.18. The van der Waals surface area contributed by atoms with E-state index in [0.717, 1.165) is 12.1 Å². The van der Waals surface area contributed by atoms with Crippen molar-refractivity contribution in [3.8, 4) is 0 Å². The molecule has 3 rings (SSSR count). The molecule has 2 atom stereocenters. The molecule has 2 aliphatic rings. The molecule has 2 heterocycles. The van der Waals surface area contributed by atoms with Gasteiger partial charge in [-0.1, -0.05) is 12.1 Å². The first-order valence-electron chi connectivity index (χ1n) is 6.47. The Labute approximate surface area is 124 Å². The van der Waals surface area contributed by atoms with Crippen LogP contribution >= 0.6 is 0 Å². The van der Waals surface area contributed by atoms with Crippen molar-refractivity contribution < 1.29 is 26.9 Å². The number of nitro groups is 1. The monoisotopic (exact) mass is 334 g/mol. The normalized spacial score (nSPS) is 27.7. The molecule has 1 aromatic rings. The maximum atomic E-state index is 13.9. The van der Waals surface area contributed by atoms with Gasteiger partial charge in [0.05, 0.1) is 24.2 Å². The molecule has 10 heteroatoms. The average Bonchev–Trinajstić information content (AvgIpc) is 2.62. The van der Waals surface area contributed by atoms with E-state index in [1.807, 2.05) is 0 Å². The molecule has 0 radical (unpaired) electrons. The molecule has 2 bridgehead atoms. The molecule has 0 N–H and O–H groups in total. The van der Waals surface area contributed by atoms with Gasteiger partial charge in [-0.25, -0.2) is 17.2 Å². The zero-order valence-corrected chi connectivity index (χ0v) is 12.0. The number of fused-ring (bicyclic) bond motifs is 2. The minimum atomic E-state index is -4.41. The third-order valence-corrected chi connectivity index (χ3v) is 5.87. The van der Waals surface area contributed by atoms with Crippen LogP contribution in [0.15, 0.2) is 29.2 Å². The van der Waals surface area contributed by atoms with E-state index in [1.54, 1.807) is 0 Å². The summed E-state index contributed by atoms with van der Waals surface area (Å²) in [7, 11) is -4.41. The fraction of sp³-hybridized carbons (Fsp3) is 0.500. The molecule has 2 fully saturated rings. The SMILES string of the molecule is O=[N+]([O-])c1ccccc1S(=O)(=O)N1C2COCC1C(F)(F)C2. The summed E-state index contributed by atoms with van der Waals surface area (Å²) >= 11 is 0. The van der Waals surface area contributed by atoms with Crippen molar-refractivity contribution in [2.75, 3.05) is 13.2 Å². The number of benzene rings is 1. The van der Waals surface area contributed by atoms with Crippen LogP contribution in [0.1, 0.15) is 6.42 Å². The number of ether oxygens (including phenoxy) is 1. The molecule has 120 valence electrons. The van der Waals surface area contributed by atoms with Gasteiger partial charge >= 0.3 is 0 Å². The molecule has 2 unspecified atom stereocenters. The lowest BCUT2D eigenvalue weighted by Crippen LogP contribution is -2.52.